The Morgan fingerprint density at radius 3 is 2.77 bits per heavy atom. The largest absolute Gasteiger partial charge is 0.494 e. The summed E-state index contributed by atoms with van der Waals surface area (Å²) in [7, 11) is 2.12. The first kappa shape index (κ1) is 18.1. The molecule has 2 heterocycles. The average molecular weight is 354 g/mol. The Labute approximate surface area is 154 Å². The van der Waals surface area contributed by atoms with Crippen LogP contribution >= 0.6 is 0 Å². The van der Waals surface area contributed by atoms with Crippen molar-refractivity contribution in [2.24, 2.45) is 0 Å². The van der Waals surface area contributed by atoms with Gasteiger partial charge in [-0.25, -0.2) is 9.97 Å². The maximum Gasteiger partial charge on any atom is 0.143 e. The highest BCUT2D eigenvalue weighted by atomic mass is 16.5. The van der Waals surface area contributed by atoms with Crippen LogP contribution in [-0.4, -0.2) is 60.9 Å². The minimum Gasteiger partial charge on any atom is -0.494 e. The molecule has 1 aliphatic rings. The summed E-state index contributed by atoms with van der Waals surface area (Å²) in [5, 5.41) is 11.2. The van der Waals surface area contributed by atoms with Crippen LogP contribution in [0.25, 0.3) is 0 Å². The van der Waals surface area contributed by atoms with Gasteiger partial charge in [-0.1, -0.05) is 12.1 Å². The van der Waals surface area contributed by atoms with Gasteiger partial charge in [-0.2, -0.15) is 0 Å². The summed E-state index contributed by atoms with van der Waals surface area (Å²) in [5.41, 5.74) is 1.84. The zero-order valence-electron chi connectivity index (χ0n) is 15.4. The highest BCUT2D eigenvalue weighted by Crippen LogP contribution is 2.23. The van der Waals surface area contributed by atoms with Gasteiger partial charge in [-0.05, 0) is 31.7 Å². The molecule has 26 heavy (non-hydrogen) atoms. The van der Waals surface area contributed by atoms with Crippen molar-refractivity contribution >= 4 is 17.9 Å². The van der Waals surface area contributed by atoms with Gasteiger partial charge < -0.3 is 25.3 Å². The van der Waals surface area contributed by atoms with Crippen LogP contribution in [0.15, 0.2) is 30.6 Å². The second-order valence-corrected chi connectivity index (χ2v) is 6.33. The summed E-state index contributed by atoms with van der Waals surface area (Å²) < 4.78 is 5.55. The first-order chi connectivity index (χ1) is 12.7. The summed E-state index contributed by atoms with van der Waals surface area (Å²) in [5.74, 6) is 2.37. The fourth-order valence-corrected chi connectivity index (χ4v) is 3.03. The predicted octanol–water partition coefficient (Wildman–Crippen LogP) is 2.24. The highest BCUT2D eigenvalue weighted by Gasteiger charge is 2.19. The Hall–Kier alpha value is -2.67. The van der Waals surface area contributed by atoms with Gasteiger partial charge in [0.2, 0.25) is 0 Å². The van der Waals surface area contributed by atoms with Crippen LogP contribution in [0, 0.1) is 5.41 Å². The Morgan fingerprint density at radius 1 is 1.23 bits per heavy atom. The molecule has 1 aromatic carbocycles. The van der Waals surface area contributed by atoms with Crippen LogP contribution in [0.2, 0.25) is 0 Å². The van der Waals surface area contributed by atoms with Crippen molar-refractivity contribution in [2.45, 2.75) is 13.5 Å². The van der Waals surface area contributed by atoms with E-state index >= 15 is 0 Å². The molecule has 2 N–H and O–H groups in total. The van der Waals surface area contributed by atoms with Crippen molar-refractivity contribution in [3.63, 3.8) is 0 Å². The smallest absolute Gasteiger partial charge is 0.143 e. The summed E-state index contributed by atoms with van der Waals surface area (Å²) in [6, 6.07) is 7.99. The molecule has 0 amide bonds. The molecule has 2 aromatic rings. The van der Waals surface area contributed by atoms with Gasteiger partial charge >= 0.3 is 0 Å². The molecule has 0 atom stereocenters. The van der Waals surface area contributed by atoms with E-state index in [4.69, 9.17) is 10.1 Å². The van der Waals surface area contributed by atoms with Crippen molar-refractivity contribution in [1.82, 2.24) is 14.9 Å². The van der Waals surface area contributed by atoms with Crippen LogP contribution in [0.3, 0.4) is 0 Å². The number of nitrogens with one attached hydrogen (secondary N) is 2. The van der Waals surface area contributed by atoms with Crippen LogP contribution in [-0.2, 0) is 6.54 Å². The molecule has 1 fully saturated rings. The molecule has 1 aromatic heterocycles. The summed E-state index contributed by atoms with van der Waals surface area (Å²) in [4.78, 5) is 13.3. The predicted molar refractivity (Wildman–Crippen MR) is 105 cm³/mol. The highest BCUT2D eigenvalue weighted by molar-refractivity contribution is 5.91. The number of benzene rings is 1. The molecule has 0 aliphatic carbocycles. The SMILES string of the molecule is CCOc1cccc(CNc2ncnc(N3CCN(C)CC3)c2C=N)c1. The molecule has 0 bridgehead atoms. The molecule has 138 valence electrons. The molecular formula is C19H26N6O. The summed E-state index contributed by atoms with van der Waals surface area (Å²) >= 11 is 0. The van der Waals surface area contributed by atoms with Crippen LogP contribution < -0.4 is 15.0 Å². The molecule has 0 saturated carbocycles. The zero-order valence-corrected chi connectivity index (χ0v) is 15.4. The fourth-order valence-electron chi connectivity index (χ4n) is 3.03. The van der Waals surface area contributed by atoms with Gasteiger partial charge in [0.1, 0.15) is 23.7 Å². The van der Waals surface area contributed by atoms with Crippen molar-refractivity contribution in [1.29, 1.82) is 5.41 Å². The van der Waals surface area contributed by atoms with E-state index in [1.165, 1.54) is 6.21 Å². The molecule has 1 aliphatic heterocycles. The summed E-state index contributed by atoms with van der Waals surface area (Å²) in [6.45, 7) is 7.04. The maximum absolute atomic E-state index is 7.85. The van der Waals surface area contributed by atoms with E-state index in [-0.39, 0.29) is 0 Å². The van der Waals surface area contributed by atoms with Gasteiger partial charge in [-0.3, -0.25) is 0 Å². The van der Waals surface area contributed by atoms with E-state index in [1.54, 1.807) is 6.33 Å². The second kappa shape index (κ2) is 8.62. The molecule has 0 unspecified atom stereocenters. The Morgan fingerprint density at radius 2 is 2.04 bits per heavy atom. The Bertz CT molecular complexity index is 743. The molecule has 0 spiro atoms. The lowest BCUT2D eigenvalue weighted by Gasteiger charge is -2.34. The lowest BCUT2D eigenvalue weighted by Crippen LogP contribution is -2.45. The number of ether oxygens (including phenoxy) is 1. The number of anilines is 2. The van der Waals surface area contributed by atoms with Gasteiger partial charge in [0.25, 0.3) is 0 Å². The fraction of sp³-hybridized carbons (Fsp3) is 0.421. The van der Waals surface area contributed by atoms with Gasteiger partial charge in [0.15, 0.2) is 0 Å². The molecule has 0 radical (unpaired) electrons. The van der Waals surface area contributed by atoms with E-state index in [1.807, 2.05) is 31.2 Å². The molecule has 7 nitrogen and oxygen atoms in total. The lowest BCUT2D eigenvalue weighted by atomic mass is 10.2. The topological polar surface area (TPSA) is 77.4 Å². The first-order valence-corrected chi connectivity index (χ1v) is 8.96. The number of aromatic nitrogens is 2. The Balaban J connectivity index is 1.74. The van der Waals surface area contributed by atoms with Crippen molar-refractivity contribution in [2.75, 3.05) is 50.1 Å². The minimum atomic E-state index is 0.612. The Kier molecular flexibility index (Phi) is 6.01. The number of likely N-dealkylation sites (N-methyl/N-ethyl adjacent to an activating group) is 1. The van der Waals surface area contributed by atoms with Crippen molar-refractivity contribution < 1.29 is 4.74 Å². The number of hydrogen-bond acceptors (Lipinski definition) is 7. The number of piperazine rings is 1. The van der Waals surface area contributed by atoms with E-state index in [9.17, 15) is 0 Å². The average Bonchev–Trinajstić information content (AvgIpc) is 2.67. The second-order valence-electron chi connectivity index (χ2n) is 6.33. The minimum absolute atomic E-state index is 0.612. The third-order valence-corrected chi connectivity index (χ3v) is 4.48. The van der Waals surface area contributed by atoms with E-state index in [0.717, 1.165) is 48.9 Å². The quantitative estimate of drug-likeness (QED) is 0.743. The molecular weight excluding hydrogens is 328 g/mol. The van der Waals surface area contributed by atoms with Crippen molar-refractivity contribution in [3.8, 4) is 5.75 Å². The standard InChI is InChI=1S/C19H26N6O/c1-3-26-16-6-4-5-15(11-16)13-21-18-17(12-20)19(23-14-22-18)25-9-7-24(2)8-10-25/h4-6,11-12,14,20H,3,7-10,13H2,1-2H3,(H,21,22,23). The van der Waals surface area contributed by atoms with E-state index < -0.39 is 0 Å². The monoisotopic (exact) mass is 354 g/mol. The molecule has 3 rings (SSSR count). The number of nitrogens with zero attached hydrogens (tertiary/aromatic N) is 4. The maximum atomic E-state index is 7.85. The van der Waals surface area contributed by atoms with Gasteiger partial charge in [-0.15, -0.1) is 0 Å². The van der Waals surface area contributed by atoms with Gasteiger partial charge in [0.05, 0.1) is 12.2 Å². The van der Waals surface area contributed by atoms with E-state index in [0.29, 0.717) is 19.0 Å². The lowest BCUT2D eigenvalue weighted by molar-refractivity contribution is 0.312. The van der Waals surface area contributed by atoms with E-state index in [2.05, 4.69) is 32.1 Å². The van der Waals surface area contributed by atoms with Crippen LogP contribution in [0.1, 0.15) is 18.1 Å². The summed E-state index contributed by atoms with van der Waals surface area (Å²) in [6.07, 6.45) is 2.91. The third kappa shape index (κ3) is 4.29. The third-order valence-electron chi connectivity index (χ3n) is 4.48. The number of rotatable bonds is 7. The normalized spacial score (nSPS) is 14.9. The van der Waals surface area contributed by atoms with Gasteiger partial charge in [0, 0.05) is 38.9 Å². The molecule has 1 saturated heterocycles. The number of hydrogen-bond donors (Lipinski definition) is 2. The molecule has 7 heteroatoms. The van der Waals surface area contributed by atoms with Crippen molar-refractivity contribution in [3.05, 3.63) is 41.7 Å². The van der Waals surface area contributed by atoms with Crippen LogP contribution in [0.5, 0.6) is 5.75 Å². The van der Waals surface area contributed by atoms with Crippen LogP contribution in [0.4, 0.5) is 11.6 Å². The first-order valence-electron chi connectivity index (χ1n) is 8.96. The zero-order chi connectivity index (χ0) is 18.4.